The first kappa shape index (κ1) is 15.0. The average molecular weight is 266 g/mol. The van der Waals surface area contributed by atoms with Gasteiger partial charge in [0.1, 0.15) is 0 Å². The van der Waals surface area contributed by atoms with Crippen LogP contribution in [0.4, 0.5) is 10.5 Å². The minimum Gasteiger partial charge on any atom is -0.478 e. The molecule has 0 bridgehead atoms. The molecule has 104 valence electrons. The second kappa shape index (κ2) is 6.75. The zero-order valence-corrected chi connectivity index (χ0v) is 11.2. The minimum absolute atomic E-state index is 0.130. The predicted octanol–water partition coefficient (Wildman–Crippen LogP) is 1.85. The third-order valence-corrected chi connectivity index (χ3v) is 2.52. The minimum atomic E-state index is -1.02. The van der Waals surface area contributed by atoms with Gasteiger partial charge in [-0.2, -0.15) is 0 Å². The number of aryl methyl sites for hydroxylation is 1. The Morgan fingerprint density at radius 2 is 2.11 bits per heavy atom. The number of hydrogen-bond acceptors (Lipinski definition) is 3. The van der Waals surface area contributed by atoms with Gasteiger partial charge in [0.05, 0.1) is 18.2 Å². The first-order valence-electron chi connectivity index (χ1n) is 5.84. The molecule has 1 atom stereocenters. The van der Waals surface area contributed by atoms with Gasteiger partial charge in [-0.3, -0.25) is 0 Å². The van der Waals surface area contributed by atoms with E-state index in [1.54, 1.807) is 33.1 Å². The molecule has 1 rings (SSSR count). The summed E-state index contributed by atoms with van der Waals surface area (Å²) < 4.78 is 4.90. The van der Waals surface area contributed by atoms with Gasteiger partial charge in [-0.15, -0.1) is 0 Å². The van der Waals surface area contributed by atoms with E-state index < -0.39 is 12.0 Å². The Balaban J connectivity index is 2.69. The monoisotopic (exact) mass is 266 g/mol. The number of nitrogens with one attached hydrogen (secondary N) is 2. The van der Waals surface area contributed by atoms with Crippen molar-refractivity contribution in [2.75, 3.05) is 19.0 Å². The van der Waals surface area contributed by atoms with Crippen LogP contribution in [0.2, 0.25) is 0 Å². The summed E-state index contributed by atoms with van der Waals surface area (Å²) in [7, 11) is 1.55. The number of aromatic carboxylic acids is 1. The topological polar surface area (TPSA) is 87.7 Å². The van der Waals surface area contributed by atoms with E-state index in [-0.39, 0.29) is 11.6 Å². The lowest BCUT2D eigenvalue weighted by atomic mass is 10.1. The molecule has 0 aliphatic rings. The van der Waals surface area contributed by atoms with Crippen molar-refractivity contribution in [3.63, 3.8) is 0 Å². The number of amides is 2. The maximum Gasteiger partial charge on any atom is 0.336 e. The van der Waals surface area contributed by atoms with Crippen molar-refractivity contribution in [3.05, 3.63) is 29.3 Å². The molecule has 19 heavy (non-hydrogen) atoms. The molecule has 1 aromatic rings. The normalized spacial score (nSPS) is 11.7. The van der Waals surface area contributed by atoms with Crippen LogP contribution < -0.4 is 10.6 Å². The maximum atomic E-state index is 11.6. The lowest BCUT2D eigenvalue weighted by Crippen LogP contribution is -2.38. The number of methoxy groups -OCH3 is 1. The summed E-state index contributed by atoms with van der Waals surface area (Å²) in [5.74, 6) is -1.02. The Morgan fingerprint density at radius 3 is 2.68 bits per heavy atom. The first-order chi connectivity index (χ1) is 8.93. The number of carboxylic acid groups (broad SMARTS) is 1. The Kier molecular flexibility index (Phi) is 5.32. The SMILES string of the molecule is COCC(C)NC(=O)Nc1ccc(C)c(C(=O)O)c1. The Morgan fingerprint density at radius 1 is 1.42 bits per heavy atom. The van der Waals surface area contributed by atoms with Crippen LogP contribution in [0.25, 0.3) is 0 Å². The summed E-state index contributed by atoms with van der Waals surface area (Å²) in [4.78, 5) is 22.6. The van der Waals surface area contributed by atoms with Crippen molar-refractivity contribution >= 4 is 17.7 Å². The summed E-state index contributed by atoms with van der Waals surface area (Å²) in [6, 6.07) is 4.21. The van der Waals surface area contributed by atoms with E-state index in [1.807, 2.05) is 0 Å². The van der Waals surface area contributed by atoms with Crippen molar-refractivity contribution in [3.8, 4) is 0 Å². The van der Waals surface area contributed by atoms with Crippen LogP contribution in [-0.4, -0.2) is 36.9 Å². The number of ether oxygens (including phenoxy) is 1. The number of benzene rings is 1. The van der Waals surface area contributed by atoms with Gasteiger partial charge in [-0.25, -0.2) is 9.59 Å². The van der Waals surface area contributed by atoms with Crippen LogP contribution in [0.3, 0.4) is 0 Å². The molecule has 2 amide bonds. The van der Waals surface area contributed by atoms with Crippen molar-refractivity contribution < 1.29 is 19.4 Å². The second-order valence-electron chi connectivity index (χ2n) is 4.29. The molecule has 0 aliphatic heterocycles. The fraction of sp³-hybridized carbons (Fsp3) is 0.385. The van der Waals surface area contributed by atoms with E-state index in [4.69, 9.17) is 9.84 Å². The highest BCUT2D eigenvalue weighted by Crippen LogP contribution is 2.15. The maximum absolute atomic E-state index is 11.6. The standard InChI is InChI=1S/C13H18N2O4/c1-8-4-5-10(6-11(8)12(16)17)15-13(18)14-9(2)7-19-3/h4-6,9H,7H2,1-3H3,(H,16,17)(H2,14,15,18). The molecule has 0 heterocycles. The zero-order chi connectivity index (χ0) is 14.4. The van der Waals surface area contributed by atoms with Gasteiger partial charge >= 0.3 is 12.0 Å². The molecule has 0 saturated heterocycles. The highest BCUT2D eigenvalue weighted by molar-refractivity contribution is 5.94. The fourth-order valence-corrected chi connectivity index (χ4v) is 1.61. The highest BCUT2D eigenvalue weighted by atomic mass is 16.5. The van der Waals surface area contributed by atoms with Gasteiger partial charge < -0.3 is 20.5 Å². The first-order valence-corrected chi connectivity index (χ1v) is 5.84. The van der Waals surface area contributed by atoms with Crippen molar-refractivity contribution in [1.82, 2.24) is 5.32 Å². The zero-order valence-electron chi connectivity index (χ0n) is 11.2. The van der Waals surface area contributed by atoms with Crippen molar-refractivity contribution in [2.24, 2.45) is 0 Å². The van der Waals surface area contributed by atoms with Crippen LogP contribution in [0.5, 0.6) is 0 Å². The van der Waals surface area contributed by atoms with E-state index in [9.17, 15) is 9.59 Å². The van der Waals surface area contributed by atoms with E-state index in [1.165, 1.54) is 6.07 Å². The summed E-state index contributed by atoms with van der Waals surface area (Å²) >= 11 is 0. The Labute approximate surface area is 111 Å². The predicted molar refractivity (Wildman–Crippen MR) is 71.6 cm³/mol. The molecular formula is C13H18N2O4. The quantitative estimate of drug-likeness (QED) is 0.759. The molecule has 0 saturated carbocycles. The van der Waals surface area contributed by atoms with Crippen molar-refractivity contribution in [1.29, 1.82) is 0 Å². The third-order valence-electron chi connectivity index (χ3n) is 2.52. The van der Waals surface area contributed by atoms with Gasteiger partial charge in [0.15, 0.2) is 0 Å². The molecule has 6 nitrogen and oxygen atoms in total. The molecule has 1 aromatic carbocycles. The largest absolute Gasteiger partial charge is 0.478 e. The summed E-state index contributed by atoms with van der Waals surface area (Å²) in [6.45, 7) is 3.91. The van der Waals surface area contributed by atoms with Crippen molar-refractivity contribution in [2.45, 2.75) is 19.9 Å². The smallest absolute Gasteiger partial charge is 0.336 e. The number of carbonyl (C=O) groups is 2. The fourth-order valence-electron chi connectivity index (χ4n) is 1.61. The highest BCUT2D eigenvalue weighted by Gasteiger charge is 2.10. The number of anilines is 1. The molecule has 0 fully saturated rings. The van der Waals surface area contributed by atoms with Crippen LogP contribution in [-0.2, 0) is 4.74 Å². The van der Waals surface area contributed by atoms with Gasteiger partial charge in [-0.1, -0.05) is 6.07 Å². The Bertz CT molecular complexity index is 474. The second-order valence-corrected chi connectivity index (χ2v) is 4.29. The summed E-state index contributed by atoms with van der Waals surface area (Å²) in [5.41, 5.74) is 1.25. The molecule has 6 heteroatoms. The number of rotatable bonds is 5. The van der Waals surface area contributed by atoms with Gasteiger partial charge in [0.25, 0.3) is 0 Å². The van der Waals surface area contributed by atoms with Gasteiger partial charge in [-0.05, 0) is 31.5 Å². The van der Waals surface area contributed by atoms with E-state index >= 15 is 0 Å². The van der Waals surface area contributed by atoms with E-state index in [2.05, 4.69) is 10.6 Å². The molecule has 0 radical (unpaired) electrons. The van der Waals surface area contributed by atoms with Gasteiger partial charge in [0.2, 0.25) is 0 Å². The lowest BCUT2D eigenvalue weighted by molar-refractivity contribution is 0.0696. The number of urea groups is 1. The summed E-state index contributed by atoms with van der Waals surface area (Å²) in [6.07, 6.45) is 0. The molecule has 3 N–H and O–H groups in total. The Hall–Kier alpha value is -2.08. The number of carboxylic acids is 1. The van der Waals surface area contributed by atoms with Crippen LogP contribution in [0.15, 0.2) is 18.2 Å². The van der Waals surface area contributed by atoms with Crippen LogP contribution in [0.1, 0.15) is 22.8 Å². The summed E-state index contributed by atoms with van der Waals surface area (Å²) in [5, 5.41) is 14.2. The molecule has 0 aromatic heterocycles. The molecule has 1 unspecified atom stereocenters. The third kappa shape index (κ3) is 4.59. The lowest BCUT2D eigenvalue weighted by Gasteiger charge is -2.14. The van der Waals surface area contributed by atoms with Gasteiger partial charge in [0, 0.05) is 12.8 Å². The van der Waals surface area contributed by atoms with Crippen LogP contribution in [0, 0.1) is 6.92 Å². The number of hydrogen-bond donors (Lipinski definition) is 3. The average Bonchev–Trinajstić information content (AvgIpc) is 2.31. The molecule has 0 spiro atoms. The molecular weight excluding hydrogens is 248 g/mol. The van der Waals surface area contributed by atoms with E-state index in [0.717, 1.165) is 0 Å². The molecule has 0 aliphatic carbocycles. The van der Waals surface area contributed by atoms with E-state index in [0.29, 0.717) is 17.9 Å². The number of carbonyl (C=O) groups excluding carboxylic acids is 1. The van der Waals surface area contributed by atoms with Crippen LogP contribution >= 0.6 is 0 Å².